The Labute approximate surface area is 169 Å². The number of aliphatic carboxylic acids is 1. The van der Waals surface area contributed by atoms with Crippen LogP contribution in [0.15, 0.2) is 58.1 Å². The van der Waals surface area contributed by atoms with E-state index < -0.39 is 5.97 Å². The molecule has 152 valence electrons. The minimum atomic E-state index is -0.992. The maximum atomic E-state index is 11.6. The lowest BCUT2D eigenvalue weighted by atomic mass is 9.92. The fourth-order valence-corrected chi connectivity index (χ4v) is 3.93. The van der Waals surface area contributed by atoms with E-state index in [0.717, 1.165) is 47.9 Å². The average molecular weight is 395 g/mol. The monoisotopic (exact) mass is 395 g/mol. The van der Waals surface area contributed by atoms with Gasteiger partial charge in [0.05, 0.1) is 24.6 Å². The van der Waals surface area contributed by atoms with Gasteiger partial charge in [-0.3, -0.25) is 0 Å². The van der Waals surface area contributed by atoms with Crippen LogP contribution in [-0.2, 0) is 9.53 Å². The topological polar surface area (TPSA) is 94.4 Å². The molecule has 3 N–H and O–H groups in total. The summed E-state index contributed by atoms with van der Waals surface area (Å²) < 4.78 is 5.50. The Morgan fingerprint density at radius 2 is 2.10 bits per heavy atom. The summed E-state index contributed by atoms with van der Waals surface area (Å²) in [5.74, 6) is 0.152. The Balaban J connectivity index is 1.85. The molecule has 0 bridgehead atoms. The van der Waals surface area contributed by atoms with Crippen LogP contribution in [-0.4, -0.2) is 53.1 Å². The third-order valence-electron chi connectivity index (χ3n) is 5.46. The SMILES string of the molecule is CCC1=C(N2CCOCC2)N=C2CC=C(C(=O)O)NC2=C(c2cccc(O)c2)C1. The summed E-state index contributed by atoms with van der Waals surface area (Å²) in [6.45, 7) is 5.04. The molecule has 4 rings (SSSR count). The second-order valence-corrected chi connectivity index (χ2v) is 7.27. The molecule has 3 heterocycles. The van der Waals surface area contributed by atoms with Crippen LogP contribution in [0.3, 0.4) is 0 Å². The molecule has 0 aliphatic carbocycles. The summed E-state index contributed by atoms with van der Waals surface area (Å²) in [5.41, 5.74) is 4.71. The smallest absolute Gasteiger partial charge is 0.351 e. The molecule has 0 saturated carbocycles. The highest BCUT2D eigenvalue weighted by atomic mass is 16.5. The lowest BCUT2D eigenvalue weighted by molar-refractivity contribution is -0.133. The number of phenols is 1. The Morgan fingerprint density at radius 3 is 2.79 bits per heavy atom. The molecule has 0 aromatic heterocycles. The van der Waals surface area contributed by atoms with E-state index in [1.54, 1.807) is 24.3 Å². The Morgan fingerprint density at radius 1 is 1.31 bits per heavy atom. The van der Waals surface area contributed by atoms with Crippen LogP contribution in [0.5, 0.6) is 5.75 Å². The number of hydrogen-bond donors (Lipinski definition) is 3. The van der Waals surface area contributed by atoms with E-state index in [1.165, 1.54) is 5.57 Å². The summed E-state index contributed by atoms with van der Waals surface area (Å²) >= 11 is 0. The standard InChI is InChI=1S/C22H25N3O4/c1-2-14-13-17(15-4-3-5-16(26)12-15)20-18(6-7-19(23-20)22(27)28)24-21(14)25-8-10-29-11-9-25/h3-5,7,12,23,26H,2,6,8-11,13H2,1H3,(H,27,28). The van der Waals surface area contributed by atoms with Gasteiger partial charge in [-0.1, -0.05) is 19.1 Å². The van der Waals surface area contributed by atoms with E-state index in [2.05, 4.69) is 17.1 Å². The van der Waals surface area contributed by atoms with Gasteiger partial charge in [0.15, 0.2) is 0 Å². The van der Waals surface area contributed by atoms with E-state index in [4.69, 9.17) is 9.73 Å². The molecule has 1 fully saturated rings. The van der Waals surface area contributed by atoms with E-state index in [1.807, 2.05) is 6.07 Å². The molecule has 1 aromatic rings. The number of benzene rings is 1. The summed E-state index contributed by atoms with van der Waals surface area (Å²) in [7, 11) is 0. The number of ether oxygens (including phenoxy) is 1. The first kappa shape index (κ1) is 19.3. The van der Waals surface area contributed by atoms with Gasteiger partial charge in [0.1, 0.15) is 17.3 Å². The predicted molar refractivity (Wildman–Crippen MR) is 110 cm³/mol. The third-order valence-corrected chi connectivity index (χ3v) is 5.46. The number of nitrogens with zero attached hydrogens (tertiary/aromatic N) is 2. The molecule has 1 saturated heterocycles. The van der Waals surface area contributed by atoms with Gasteiger partial charge in [0.25, 0.3) is 0 Å². The maximum Gasteiger partial charge on any atom is 0.351 e. The Kier molecular flexibility index (Phi) is 5.40. The molecular weight excluding hydrogens is 370 g/mol. The van der Waals surface area contributed by atoms with Crippen LogP contribution in [0.2, 0.25) is 0 Å². The Bertz CT molecular complexity index is 953. The molecule has 3 aliphatic rings. The molecule has 0 unspecified atom stereocenters. The van der Waals surface area contributed by atoms with Gasteiger partial charge in [-0.15, -0.1) is 0 Å². The van der Waals surface area contributed by atoms with Gasteiger partial charge >= 0.3 is 5.97 Å². The molecule has 3 aliphatic heterocycles. The van der Waals surface area contributed by atoms with Crippen LogP contribution >= 0.6 is 0 Å². The average Bonchev–Trinajstić information content (AvgIpc) is 2.90. The normalized spacial score (nSPS) is 19.8. The van der Waals surface area contributed by atoms with E-state index in [0.29, 0.717) is 26.1 Å². The van der Waals surface area contributed by atoms with Gasteiger partial charge < -0.3 is 25.2 Å². The Hall–Kier alpha value is -3.06. The number of carbonyl (C=O) groups is 1. The number of nitrogens with one attached hydrogen (secondary N) is 1. The summed E-state index contributed by atoms with van der Waals surface area (Å²) in [4.78, 5) is 18.8. The van der Waals surface area contributed by atoms with Crippen molar-refractivity contribution in [3.63, 3.8) is 0 Å². The first-order chi connectivity index (χ1) is 14.1. The van der Waals surface area contributed by atoms with Crippen molar-refractivity contribution < 1.29 is 19.7 Å². The predicted octanol–water partition coefficient (Wildman–Crippen LogP) is 2.86. The van der Waals surface area contributed by atoms with E-state index in [-0.39, 0.29) is 11.4 Å². The number of carboxylic acids is 1. The van der Waals surface area contributed by atoms with Crippen molar-refractivity contribution in [2.24, 2.45) is 4.99 Å². The van der Waals surface area contributed by atoms with Crippen molar-refractivity contribution in [3.05, 3.63) is 58.7 Å². The number of carboxylic acid groups (broad SMARTS) is 1. The highest BCUT2D eigenvalue weighted by Crippen LogP contribution is 2.36. The van der Waals surface area contributed by atoms with E-state index in [9.17, 15) is 15.0 Å². The van der Waals surface area contributed by atoms with Crippen LogP contribution in [0.25, 0.3) is 5.57 Å². The summed E-state index contributed by atoms with van der Waals surface area (Å²) in [5, 5.41) is 22.6. The quantitative estimate of drug-likeness (QED) is 0.726. The lowest BCUT2D eigenvalue weighted by Gasteiger charge is -2.30. The van der Waals surface area contributed by atoms with Crippen molar-refractivity contribution >= 4 is 17.3 Å². The highest BCUT2D eigenvalue weighted by Gasteiger charge is 2.28. The zero-order valence-electron chi connectivity index (χ0n) is 16.4. The molecule has 7 nitrogen and oxygen atoms in total. The number of fused-ring (bicyclic) bond motifs is 1. The first-order valence-corrected chi connectivity index (χ1v) is 9.92. The molecule has 0 spiro atoms. The van der Waals surface area contributed by atoms with Crippen LogP contribution in [0, 0.1) is 0 Å². The zero-order chi connectivity index (χ0) is 20.4. The third kappa shape index (κ3) is 3.91. The fourth-order valence-electron chi connectivity index (χ4n) is 3.93. The number of phenolic OH excluding ortho intramolecular Hbond substituents is 1. The number of hydrogen-bond acceptors (Lipinski definition) is 6. The van der Waals surface area contributed by atoms with Crippen molar-refractivity contribution in [3.8, 4) is 5.75 Å². The highest BCUT2D eigenvalue weighted by molar-refractivity contribution is 6.10. The van der Waals surface area contributed by atoms with Crippen LogP contribution < -0.4 is 5.32 Å². The molecule has 0 amide bonds. The summed E-state index contributed by atoms with van der Waals surface area (Å²) in [6, 6.07) is 7.09. The molecule has 29 heavy (non-hydrogen) atoms. The maximum absolute atomic E-state index is 11.6. The zero-order valence-corrected chi connectivity index (χ0v) is 16.4. The van der Waals surface area contributed by atoms with Gasteiger partial charge in [0.2, 0.25) is 0 Å². The van der Waals surface area contributed by atoms with Crippen molar-refractivity contribution in [2.45, 2.75) is 26.2 Å². The fraction of sp³-hybridized carbons (Fsp3) is 0.364. The lowest BCUT2D eigenvalue weighted by Crippen LogP contribution is -2.36. The molecule has 0 radical (unpaired) electrons. The molecule has 0 atom stereocenters. The summed E-state index contributed by atoms with van der Waals surface area (Å²) in [6.07, 6.45) is 3.57. The first-order valence-electron chi connectivity index (χ1n) is 9.92. The van der Waals surface area contributed by atoms with Crippen LogP contribution in [0.4, 0.5) is 0 Å². The van der Waals surface area contributed by atoms with Crippen molar-refractivity contribution in [1.29, 1.82) is 0 Å². The molecular formula is C22H25N3O4. The number of morpholine rings is 1. The molecule has 1 aromatic carbocycles. The van der Waals surface area contributed by atoms with Gasteiger partial charge in [0, 0.05) is 19.5 Å². The van der Waals surface area contributed by atoms with E-state index >= 15 is 0 Å². The van der Waals surface area contributed by atoms with Gasteiger partial charge in [-0.05, 0) is 47.8 Å². The number of aromatic hydroxyl groups is 1. The second kappa shape index (κ2) is 8.13. The van der Waals surface area contributed by atoms with Gasteiger partial charge in [-0.2, -0.15) is 0 Å². The second-order valence-electron chi connectivity index (χ2n) is 7.27. The number of rotatable bonds is 4. The van der Waals surface area contributed by atoms with Crippen molar-refractivity contribution in [2.75, 3.05) is 26.3 Å². The molecule has 7 heteroatoms. The minimum Gasteiger partial charge on any atom is -0.508 e. The number of aliphatic imine (C=N–C) groups is 1. The largest absolute Gasteiger partial charge is 0.508 e. The van der Waals surface area contributed by atoms with Crippen molar-refractivity contribution in [1.82, 2.24) is 10.2 Å². The minimum absolute atomic E-state index is 0.157. The number of allylic oxidation sites excluding steroid dienone is 4. The van der Waals surface area contributed by atoms with Gasteiger partial charge in [-0.25, -0.2) is 9.79 Å². The van der Waals surface area contributed by atoms with Crippen LogP contribution in [0.1, 0.15) is 31.7 Å².